The Hall–Kier alpha value is -0.910. The maximum atomic E-state index is 12.3. The summed E-state index contributed by atoms with van der Waals surface area (Å²) in [5.41, 5.74) is 0. The van der Waals surface area contributed by atoms with Gasteiger partial charge >= 0.3 is 0 Å². The number of rotatable bonds is 30. The molecule has 1 amide bonds. The summed E-state index contributed by atoms with van der Waals surface area (Å²) in [6.07, 6.45) is 32.2. The van der Waals surface area contributed by atoms with Crippen molar-refractivity contribution < 1.29 is 20.1 Å². The summed E-state index contributed by atoms with van der Waals surface area (Å²) in [6.45, 7) is 4.15. The van der Waals surface area contributed by atoms with E-state index in [1.54, 1.807) is 6.08 Å². The summed E-state index contributed by atoms with van der Waals surface area (Å²) in [6, 6.07) is -0.789. The van der Waals surface area contributed by atoms with Gasteiger partial charge in [-0.3, -0.25) is 4.79 Å². The van der Waals surface area contributed by atoms with E-state index in [0.29, 0.717) is 6.42 Å². The van der Waals surface area contributed by atoms with E-state index in [1.165, 1.54) is 122 Å². The van der Waals surface area contributed by atoms with E-state index in [9.17, 15) is 20.1 Å². The van der Waals surface area contributed by atoms with Crippen LogP contribution in [0.15, 0.2) is 12.2 Å². The number of aliphatic hydroxyl groups excluding tert-OH is 3. The summed E-state index contributed by atoms with van der Waals surface area (Å²) >= 11 is 0. The normalized spacial score (nSPS) is 14.1. The first-order valence-electron chi connectivity index (χ1n) is 17.0. The van der Waals surface area contributed by atoms with E-state index in [4.69, 9.17) is 0 Å². The van der Waals surface area contributed by atoms with Gasteiger partial charge in [0.15, 0.2) is 0 Å². The minimum Gasteiger partial charge on any atom is -0.394 e. The molecule has 0 spiro atoms. The molecule has 232 valence electrons. The number of carbonyl (C=O) groups is 1. The highest BCUT2D eigenvalue weighted by Crippen LogP contribution is 2.14. The standard InChI is InChI=1S/C34H67NO4/c1-3-5-7-9-11-13-15-17-19-21-23-25-27-29-33(38)34(39)35-31(30-36)32(37)28-26-24-22-20-18-16-14-12-10-8-6-4-2/h26,28,31-33,36-38H,3-25,27,29-30H2,1-2H3,(H,35,39)/b28-26+. The molecular formula is C34H67NO4. The Kier molecular flexibility index (Phi) is 29.4. The molecule has 0 bridgehead atoms. The quantitative estimate of drug-likeness (QED) is 0.0530. The fourth-order valence-corrected chi connectivity index (χ4v) is 5.12. The maximum Gasteiger partial charge on any atom is 0.249 e. The van der Waals surface area contributed by atoms with Crippen LogP contribution >= 0.6 is 0 Å². The Morgan fingerprint density at radius 1 is 0.615 bits per heavy atom. The van der Waals surface area contributed by atoms with E-state index in [1.807, 2.05) is 6.08 Å². The lowest BCUT2D eigenvalue weighted by atomic mass is 10.0. The van der Waals surface area contributed by atoms with Crippen LogP contribution in [0.3, 0.4) is 0 Å². The SMILES string of the molecule is CCCCCCCCCCCC/C=C/C(O)C(CO)NC(=O)C(O)CCCCCCCCCCCCCCC. The Balaban J connectivity index is 3.77. The minimum absolute atomic E-state index is 0.360. The first-order chi connectivity index (χ1) is 19.1. The van der Waals surface area contributed by atoms with Crippen LogP contribution in [0.5, 0.6) is 0 Å². The molecule has 0 aromatic heterocycles. The minimum atomic E-state index is -1.09. The Labute approximate surface area is 242 Å². The highest BCUT2D eigenvalue weighted by Gasteiger charge is 2.22. The molecule has 5 nitrogen and oxygen atoms in total. The molecule has 0 aromatic carbocycles. The van der Waals surface area contributed by atoms with E-state index >= 15 is 0 Å². The van der Waals surface area contributed by atoms with Gasteiger partial charge in [0, 0.05) is 0 Å². The number of amides is 1. The van der Waals surface area contributed by atoms with Crippen molar-refractivity contribution in [2.24, 2.45) is 0 Å². The van der Waals surface area contributed by atoms with Gasteiger partial charge in [-0.05, 0) is 19.3 Å². The fraction of sp³-hybridized carbons (Fsp3) is 0.912. The smallest absolute Gasteiger partial charge is 0.249 e. The first kappa shape index (κ1) is 38.1. The zero-order valence-corrected chi connectivity index (χ0v) is 26.0. The highest BCUT2D eigenvalue weighted by atomic mass is 16.3. The van der Waals surface area contributed by atoms with E-state index in [2.05, 4.69) is 19.2 Å². The molecule has 0 aromatic rings. The van der Waals surface area contributed by atoms with Crippen LogP contribution < -0.4 is 5.32 Å². The monoisotopic (exact) mass is 554 g/mol. The molecule has 0 radical (unpaired) electrons. The van der Waals surface area contributed by atoms with Crippen LogP contribution in [0.25, 0.3) is 0 Å². The lowest BCUT2D eigenvalue weighted by molar-refractivity contribution is -0.131. The van der Waals surface area contributed by atoms with Crippen molar-refractivity contribution in [1.29, 1.82) is 0 Å². The molecule has 0 heterocycles. The predicted octanol–water partition coefficient (Wildman–Crippen LogP) is 8.53. The predicted molar refractivity (Wildman–Crippen MR) is 167 cm³/mol. The van der Waals surface area contributed by atoms with Crippen LogP contribution in [-0.2, 0) is 4.79 Å². The molecule has 5 heteroatoms. The topological polar surface area (TPSA) is 89.8 Å². The van der Waals surface area contributed by atoms with Crippen LogP contribution in [0.2, 0.25) is 0 Å². The summed E-state index contributed by atoms with van der Waals surface area (Å²) in [7, 11) is 0. The van der Waals surface area contributed by atoms with E-state index in [0.717, 1.165) is 32.1 Å². The lowest BCUT2D eigenvalue weighted by Crippen LogP contribution is -2.48. The molecule has 0 rings (SSSR count). The van der Waals surface area contributed by atoms with Gasteiger partial charge in [0.1, 0.15) is 6.10 Å². The first-order valence-corrected chi connectivity index (χ1v) is 17.0. The van der Waals surface area contributed by atoms with Crippen LogP contribution in [0, 0.1) is 0 Å². The molecule has 39 heavy (non-hydrogen) atoms. The average molecular weight is 554 g/mol. The van der Waals surface area contributed by atoms with Gasteiger partial charge in [0.05, 0.1) is 18.8 Å². The Morgan fingerprint density at radius 2 is 1.00 bits per heavy atom. The van der Waals surface area contributed by atoms with Crippen molar-refractivity contribution in [2.75, 3.05) is 6.61 Å². The number of unbranched alkanes of at least 4 members (excludes halogenated alkanes) is 22. The number of aliphatic hydroxyl groups is 3. The summed E-state index contributed by atoms with van der Waals surface area (Å²) in [4.78, 5) is 12.3. The number of nitrogens with one attached hydrogen (secondary N) is 1. The van der Waals surface area contributed by atoms with Gasteiger partial charge in [-0.1, -0.05) is 167 Å². The second-order valence-corrected chi connectivity index (χ2v) is 11.7. The second kappa shape index (κ2) is 30.1. The summed E-state index contributed by atoms with van der Waals surface area (Å²) < 4.78 is 0. The van der Waals surface area contributed by atoms with Crippen molar-refractivity contribution in [3.63, 3.8) is 0 Å². The molecular weight excluding hydrogens is 486 g/mol. The lowest BCUT2D eigenvalue weighted by Gasteiger charge is -2.21. The van der Waals surface area contributed by atoms with Gasteiger partial charge in [-0.2, -0.15) is 0 Å². The fourth-order valence-electron chi connectivity index (χ4n) is 5.12. The van der Waals surface area contributed by atoms with Crippen molar-refractivity contribution in [1.82, 2.24) is 5.32 Å². The van der Waals surface area contributed by atoms with Crippen LogP contribution in [-0.4, -0.2) is 46.1 Å². The number of carbonyl (C=O) groups excluding carboxylic acids is 1. The van der Waals surface area contributed by atoms with Crippen LogP contribution in [0.4, 0.5) is 0 Å². The van der Waals surface area contributed by atoms with Crippen molar-refractivity contribution in [2.45, 2.75) is 193 Å². The Bertz CT molecular complexity index is 539. The van der Waals surface area contributed by atoms with Crippen LogP contribution in [0.1, 0.15) is 174 Å². The highest BCUT2D eigenvalue weighted by molar-refractivity contribution is 5.80. The number of allylic oxidation sites excluding steroid dienone is 1. The van der Waals surface area contributed by atoms with Gasteiger partial charge < -0.3 is 20.6 Å². The van der Waals surface area contributed by atoms with E-state index in [-0.39, 0.29) is 6.61 Å². The third-order valence-electron chi connectivity index (χ3n) is 7.88. The van der Waals surface area contributed by atoms with Gasteiger partial charge in [0.25, 0.3) is 0 Å². The molecule has 0 aliphatic heterocycles. The molecule has 3 atom stereocenters. The molecule has 4 N–H and O–H groups in total. The summed E-state index contributed by atoms with van der Waals surface area (Å²) in [5.74, 6) is -0.505. The van der Waals surface area contributed by atoms with Crippen molar-refractivity contribution in [3.8, 4) is 0 Å². The third-order valence-corrected chi connectivity index (χ3v) is 7.88. The number of hydrogen-bond donors (Lipinski definition) is 4. The maximum absolute atomic E-state index is 12.3. The van der Waals surface area contributed by atoms with Crippen molar-refractivity contribution >= 4 is 5.91 Å². The largest absolute Gasteiger partial charge is 0.394 e. The zero-order valence-electron chi connectivity index (χ0n) is 26.0. The number of hydrogen-bond acceptors (Lipinski definition) is 4. The molecule has 0 aliphatic carbocycles. The average Bonchev–Trinajstić information content (AvgIpc) is 2.94. The molecule has 0 saturated heterocycles. The van der Waals surface area contributed by atoms with E-state index < -0.39 is 24.2 Å². The second-order valence-electron chi connectivity index (χ2n) is 11.7. The molecule has 0 aliphatic rings. The molecule has 0 saturated carbocycles. The Morgan fingerprint density at radius 3 is 1.41 bits per heavy atom. The molecule has 0 fully saturated rings. The van der Waals surface area contributed by atoms with Crippen molar-refractivity contribution in [3.05, 3.63) is 12.2 Å². The van der Waals surface area contributed by atoms with Gasteiger partial charge in [-0.15, -0.1) is 0 Å². The van der Waals surface area contributed by atoms with Gasteiger partial charge in [-0.25, -0.2) is 0 Å². The summed E-state index contributed by atoms with van der Waals surface area (Å²) in [5, 5.41) is 32.8. The zero-order chi connectivity index (χ0) is 28.8. The molecule has 3 unspecified atom stereocenters. The van der Waals surface area contributed by atoms with Gasteiger partial charge in [0.2, 0.25) is 5.91 Å². The third kappa shape index (κ3) is 25.8.